The van der Waals surface area contributed by atoms with Crippen molar-refractivity contribution in [3.63, 3.8) is 0 Å². The van der Waals surface area contributed by atoms with Crippen LogP contribution in [-0.4, -0.2) is 16.6 Å². The van der Waals surface area contributed by atoms with Crippen LogP contribution in [0.2, 0.25) is 0 Å². The van der Waals surface area contributed by atoms with Gasteiger partial charge in [-0.15, -0.1) is 0 Å². The minimum absolute atomic E-state index is 0.0107. The van der Waals surface area contributed by atoms with Crippen molar-refractivity contribution in [2.75, 3.05) is 14.7 Å². The molecule has 6 unspecified atom stereocenters. The van der Waals surface area contributed by atoms with Gasteiger partial charge in [-0.25, -0.2) is 0 Å². The molecule has 82 heavy (non-hydrogen) atoms. The third-order valence-electron chi connectivity index (χ3n) is 23.8. The van der Waals surface area contributed by atoms with E-state index in [4.69, 9.17) is 0 Å². The summed E-state index contributed by atoms with van der Waals surface area (Å²) in [5, 5.41) is 8.10. The zero-order valence-corrected chi connectivity index (χ0v) is 49.3. The van der Waals surface area contributed by atoms with Gasteiger partial charge >= 0.3 is 0 Å². The Hall–Kier alpha value is -7.36. The summed E-state index contributed by atoms with van der Waals surface area (Å²) in [5.41, 5.74) is 20.4. The van der Waals surface area contributed by atoms with Gasteiger partial charge in [0, 0.05) is 50.4 Å². The average molecular weight is 1070 g/mol. The Kier molecular flexibility index (Phi) is 11.1. The van der Waals surface area contributed by atoms with Crippen LogP contribution in [0.4, 0.5) is 34.1 Å². The highest BCUT2D eigenvalue weighted by molar-refractivity contribution is 6.30. The summed E-state index contributed by atoms with van der Waals surface area (Å²) in [6.07, 6.45) is 18.6. The van der Waals surface area contributed by atoms with Crippen molar-refractivity contribution in [1.82, 2.24) is 0 Å². The maximum absolute atomic E-state index is 2.74. The van der Waals surface area contributed by atoms with Crippen LogP contribution in [0.25, 0.3) is 65.7 Å². The first-order chi connectivity index (χ1) is 39.9. The molecule has 0 saturated heterocycles. The Labute approximate surface area is 487 Å². The Morgan fingerprint density at radius 3 is 1.00 bits per heavy atom. The highest BCUT2D eigenvalue weighted by Gasteiger charge is 2.59. The van der Waals surface area contributed by atoms with Crippen molar-refractivity contribution in [2.45, 2.75) is 171 Å². The summed E-state index contributed by atoms with van der Waals surface area (Å²) in [7, 11) is 0. The predicted molar refractivity (Wildman–Crippen MR) is 349 cm³/mol. The van der Waals surface area contributed by atoms with Gasteiger partial charge < -0.3 is 14.7 Å². The number of fused-ring (bicyclic) bond motifs is 9. The molecular formula is C79H79N3. The number of nitrogens with zero attached hydrogens (tertiary/aromatic N) is 3. The highest BCUT2D eigenvalue weighted by atomic mass is 15.3. The average Bonchev–Trinajstić information content (AvgIpc) is 3.23. The first kappa shape index (κ1) is 50.4. The molecule has 3 heterocycles. The molecule has 3 saturated carbocycles. The molecule has 410 valence electrons. The lowest BCUT2D eigenvalue weighted by Gasteiger charge is -2.46. The molecule has 10 aromatic carbocycles. The van der Waals surface area contributed by atoms with Crippen molar-refractivity contribution in [3.8, 4) is 33.4 Å². The van der Waals surface area contributed by atoms with Crippen molar-refractivity contribution >= 4 is 66.4 Å². The number of hydrogen-bond acceptors (Lipinski definition) is 3. The smallest absolute Gasteiger partial charge is 0.0517 e. The first-order valence-electron chi connectivity index (χ1n) is 31.6. The Morgan fingerprint density at radius 1 is 0.280 bits per heavy atom. The Bertz CT molecular complexity index is 4020. The number of hydrogen-bond donors (Lipinski definition) is 0. The van der Waals surface area contributed by atoms with E-state index in [1.165, 1.54) is 213 Å². The maximum atomic E-state index is 2.74. The van der Waals surface area contributed by atoms with Gasteiger partial charge in [-0.1, -0.05) is 188 Å². The van der Waals surface area contributed by atoms with E-state index in [-0.39, 0.29) is 32.9 Å². The van der Waals surface area contributed by atoms with Crippen molar-refractivity contribution in [2.24, 2.45) is 0 Å². The highest BCUT2D eigenvalue weighted by Crippen LogP contribution is 2.64. The summed E-state index contributed by atoms with van der Waals surface area (Å²) in [5.74, 6) is 0. The molecular weight excluding hydrogens is 991 g/mol. The zero-order valence-electron chi connectivity index (χ0n) is 49.3. The van der Waals surface area contributed by atoms with Crippen LogP contribution in [0.15, 0.2) is 188 Å². The van der Waals surface area contributed by atoms with Crippen LogP contribution < -0.4 is 14.7 Å². The van der Waals surface area contributed by atoms with Crippen LogP contribution in [0.1, 0.15) is 155 Å². The van der Waals surface area contributed by atoms with Crippen LogP contribution in [0, 0.1) is 0 Å². The predicted octanol–water partition coefficient (Wildman–Crippen LogP) is 22.0. The third-order valence-corrected chi connectivity index (χ3v) is 23.8. The fourth-order valence-electron chi connectivity index (χ4n) is 18.8. The minimum atomic E-state index is -0.0413. The molecule has 0 radical (unpaired) electrons. The Balaban J connectivity index is 0.935. The molecule has 0 amide bonds. The lowest BCUT2D eigenvalue weighted by Crippen LogP contribution is -2.52. The largest absolute Gasteiger partial charge is 0.334 e. The van der Waals surface area contributed by atoms with E-state index in [0.29, 0.717) is 0 Å². The lowest BCUT2D eigenvalue weighted by molar-refractivity contribution is 0.261. The van der Waals surface area contributed by atoms with Gasteiger partial charge in [0.25, 0.3) is 0 Å². The van der Waals surface area contributed by atoms with Gasteiger partial charge in [-0.3, -0.25) is 0 Å². The number of rotatable bonds is 6. The molecule has 0 spiro atoms. The Morgan fingerprint density at radius 2 is 0.610 bits per heavy atom. The van der Waals surface area contributed by atoms with Crippen molar-refractivity contribution in [3.05, 3.63) is 205 Å². The SMILES string of the molecule is CC12CCCCCC1(C)N(c1ccccc1)c1ccc(-c3ccc4ccc5c(-c6ccc7c(c6)C6(C)CCCCCC6(C)N7c6ccccc6)cc(-c6ccc7c(c6)C6(C)CCCCCC6(C)N7c6ccccc6)c6ccc3c4c56)cc12. The van der Waals surface area contributed by atoms with E-state index >= 15 is 0 Å². The second-order valence-corrected chi connectivity index (χ2v) is 27.5. The molecule has 3 fully saturated rings. The fourth-order valence-corrected chi connectivity index (χ4v) is 18.8. The topological polar surface area (TPSA) is 9.72 Å². The molecule has 16 rings (SSSR count). The van der Waals surface area contributed by atoms with E-state index in [2.05, 4.69) is 244 Å². The second kappa shape index (κ2) is 18.1. The van der Waals surface area contributed by atoms with Gasteiger partial charge in [0.05, 0.1) is 16.6 Å². The van der Waals surface area contributed by atoms with Gasteiger partial charge in [0.15, 0.2) is 0 Å². The first-order valence-corrected chi connectivity index (χ1v) is 31.6. The van der Waals surface area contributed by atoms with Crippen LogP contribution in [-0.2, 0) is 16.2 Å². The third kappa shape index (κ3) is 6.71. The molecule has 6 aliphatic rings. The van der Waals surface area contributed by atoms with E-state index in [9.17, 15) is 0 Å². The second-order valence-electron chi connectivity index (χ2n) is 27.5. The molecule has 0 aromatic heterocycles. The molecule has 3 aliphatic carbocycles. The fraction of sp³-hybridized carbons (Fsp3) is 0.342. The van der Waals surface area contributed by atoms with E-state index < -0.39 is 0 Å². The molecule has 3 heteroatoms. The summed E-state index contributed by atoms with van der Waals surface area (Å²) >= 11 is 0. The minimum Gasteiger partial charge on any atom is -0.334 e. The van der Waals surface area contributed by atoms with E-state index in [1.54, 1.807) is 0 Å². The summed E-state index contributed by atoms with van der Waals surface area (Å²) < 4.78 is 0. The number of anilines is 6. The molecule has 0 bridgehead atoms. The number of para-hydroxylation sites is 3. The van der Waals surface area contributed by atoms with Gasteiger partial charge in [0.2, 0.25) is 0 Å². The van der Waals surface area contributed by atoms with Gasteiger partial charge in [0.1, 0.15) is 0 Å². The summed E-state index contributed by atoms with van der Waals surface area (Å²) in [6, 6.07) is 74.1. The van der Waals surface area contributed by atoms with Crippen molar-refractivity contribution < 1.29 is 0 Å². The van der Waals surface area contributed by atoms with Crippen LogP contribution in [0.5, 0.6) is 0 Å². The molecule has 6 atom stereocenters. The maximum Gasteiger partial charge on any atom is 0.0517 e. The zero-order chi connectivity index (χ0) is 55.4. The summed E-state index contributed by atoms with van der Waals surface area (Å²) in [6.45, 7) is 15.6. The summed E-state index contributed by atoms with van der Waals surface area (Å²) in [4.78, 5) is 8.22. The van der Waals surface area contributed by atoms with Crippen LogP contribution in [0.3, 0.4) is 0 Å². The lowest BCUT2D eigenvalue weighted by atomic mass is 9.66. The van der Waals surface area contributed by atoms with Gasteiger partial charge in [-0.2, -0.15) is 0 Å². The quantitative estimate of drug-likeness (QED) is 0.154. The standard InChI is InChI=1S/C79H79N3/c1-74-43-19-10-22-46-77(74,4)80(57-25-13-7-14-26-57)69-40-33-54(49-66(69)74)60-36-31-53-32-37-62-64(55-34-41-70-67(50-55)75(2)44-20-11-23-47-78(75,5)81(70)58-27-15-8-16-28-58)52-65(63-39-38-61(60)72(53)73(62)63)56-35-42-71-68(51-56)76(3)45-21-12-24-48-79(76,6)82(71)59-29-17-9-18-30-59/h7-9,13-18,25-42,49-52H,10-12,19-24,43-48H2,1-6H3. The van der Waals surface area contributed by atoms with Crippen molar-refractivity contribution in [1.29, 1.82) is 0 Å². The molecule has 3 aliphatic heterocycles. The van der Waals surface area contributed by atoms with E-state index in [1.807, 2.05) is 0 Å². The van der Waals surface area contributed by atoms with Gasteiger partial charge in [-0.05, 0) is 221 Å². The molecule has 0 N–H and O–H groups in total. The monoisotopic (exact) mass is 1070 g/mol. The number of benzene rings is 10. The van der Waals surface area contributed by atoms with Crippen LogP contribution >= 0.6 is 0 Å². The normalized spacial score (nSPS) is 27.6. The molecule has 10 aromatic rings. The van der Waals surface area contributed by atoms with E-state index in [0.717, 1.165) is 0 Å². The molecule has 3 nitrogen and oxygen atoms in total.